The summed E-state index contributed by atoms with van der Waals surface area (Å²) >= 11 is 4.59. The fourth-order valence-electron chi connectivity index (χ4n) is 2.83. The number of allylic oxidation sites excluding steroid dienone is 1. The number of rotatable bonds is 4. The lowest BCUT2D eigenvalue weighted by Crippen LogP contribution is -2.02. The monoisotopic (exact) mass is 479 g/mol. The highest BCUT2D eigenvalue weighted by Gasteiger charge is 2.14. The Bertz CT molecular complexity index is 1430. The minimum absolute atomic E-state index is 0.0687. The van der Waals surface area contributed by atoms with Crippen molar-refractivity contribution in [3.63, 3.8) is 0 Å². The van der Waals surface area contributed by atoms with Crippen LogP contribution in [-0.4, -0.2) is 9.91 Å². The van der Waals surface area contributed by atoms with Crippen LogP contribution in [0, 0.1) is 21.4 Å². The zero-order valence-corrected chi connectivity index (χ0v) is 17.4. The second-order valence-corrected chi connectivity index (χ2v) is 7.96. The molecule has 0 spiro atoms. The third-order valence-electron chi connectivity index (χ3n) is 4.22. The number of fused-ring (bicyclic) bond motifs is 1. The number of thiazole rings is 1. The normalized spacial score (nSPS) is 11.4. The Hall–Kier alpha value is -3.61. The van der Waals surface area contributed by atoms with E-state index in [1.165, 1.54) is 29.5 Å². The van der Waals surface area contributed by atoms with E-state index in [-0.39, 0.29) is 16.8 Å². The van der Waals surface area contributed by atoms with Gasteiger partial charge in [0.25, 0.3) is 5.69 Å². The molecule has 7 nitrogen and oxygen atoms in total. The molecule has 0 fully saturated rings. The van der Waals surface area contributed by atoms with Crippen LogP contribution in [0.4, 0.5) is 5.69 Å². The fourth-order valence-corrected chi connectivity index (χ4v) is 3.99. The Kier molecular flexibility index (Phi) is 5.27. The van der Waals surface area contributed by atoms with Crippen molar-refractivity contribution >= 4 is 55.6 Å². The maximum Gasteiger partial charge on any atom is 0.345 e. The van der Waals surface area contributed by atoms with Gasteiger partial charge in [0.15, 0.2) is 0 Å². The van der Waals surface area contributed by atoms with Crippen molar-refractivity contribution in [2.45, 2.75) is 0 Å². The molecule has 4 rings (SSSR count). The van der Waals surface area contributed by atoms with Crippen molar-refractivity contribution in [2.75, 3.05) is 0 Å². The first-order valence-electron chi connectivity index (χ1n) is 8.50. The van der Waals surface area contributed by atoms with Gasteiger partial charge >= 0.3 is 5.63 Å². The summed E-state index contributed by atoms with van der Waals surface area (Å²) in [5.41, 5.74) is 1.29. The number of hydrogen-bond acceptors (Lipinski definition) is 7. The lowest BCUT2D eigenvalue weighted by molar-refractivity contribution is -0.384. The molecule has 2 aromatic carbocycles. The van der Waals surface area contributed by atoms with E-state index in [9.17, 15) is 20.2 Å². The van der Waals surface area contributed by atoms with Crippen molar-refractivity contribution in [3.8, 4) is 17.3 Å². The standard InChI is InChI=1S/C21H10BrN3O4S/c22-15-4-5-19-13(8-15)9-17(21(26)29-19)18-11-30-20(24-18)14(10-23)6-12-2-1-3-16(7-12)25(27)28/h1-9,11H. The number of hydrogen-bond donors (Lipinski definition) is 0. The van der Waals surface area contributed by atoms with Gasteiger partial charge in [-0.25, -0.2) is 9.78 Å². The Morgan fingerprint density at radius 2 is 2.10 bits per heavy atom. The number of nitro groups is 1. The second-order valence-electron chi connectivity index (χ2n) is 6.19. The van der Waals surface area contributed by atoms with Crippen LogP contribution >= 0.6 is 27.3 Å². The molecule has 9 heteroatoms. The van der Waals surface area contributed by atoms with E-state index in [2.05, 4.69) is 27.0 Å². The lowest BCUT2D eigenvalue weighted by Gasteiger charge is -2.00. The maximum atomic E-state index is 12.4. The minimum Gasteiger partial charge on any atom is -0.422 e. The summed E-state index contributed by atoms with van der Waals surface area (Å²) < 4.78 is 6.22. The first-order chi connectivity index (χ1) is 14.4. The molecule has 0 saturated heterocycles. The molecule has 0 amide bonds. The molecule has 0 aliphatic rings. The average Bonchev–Trinajstić information content (AvgIpc) is 3.21. The molecule has 0 atom stereocenters. The highest BCUT2D eigenvalue weighted by Crippen LogP contribution is 2.28. The van der Waals surface area contributed by atoms with Crippen LogP contribution in [0.15, 0.2) is 67.6 Å². The first kappa shape index (κ1) is 19.7. The Morgan fingerprint density at radius 1 is 1.27 bits per heavy atom. The van der Waals surface area contributed by atoms with Crippen molar-refractivity contribution in [1.29, 1.82) is 5.26 Å². The number of nitriles is 1. The van der Waals surface area contributed by atoms with E-state index >= 15 is 0 Å². The summed E-state index contributed by atoms with van der Waals surface area (Å²) in [4.78, 5) is 27.3. The Labute approximate surface area is 181 Å². The van der Waals surface area contributed by atoms with Gasteiger partial charge in [0.2, 0.25) is 0 Å². The molecule has 0 aliphatic carbocycles. The minimum atomic E-state index is -0.525. The van der Waals surface area contributed by atoms with Crippen LogP contribution in [0.3, 0.4) is 0 Å². The van der Waals surface area contributed by atoms with Gasteiger partial charge < -0.3 is 4.42 Å². The van der Waals surface area contributed by atoms with E-state index in [1.807, 2.05) is 6.07 Å². The van der Waals surface area contributed by atoms with E-state index < -0.39 is 10.5 Å². The third-order valence-corrected chi connectivity index (χ3v) is 5.59. The molecule has 0 unspecified atom stereocenters. The number of aromatic nitrogens is 1. The summed E-state index contributed by atoms with van der Waals surface area (Å²) in [5.74, 6) is 0. The van der Waals surface area contributed by atoms with E-state index in [1.54, 1.807) is 35.7 Å². The van der Waals surface area contributed by atoms with Gasteiger partial charge in [-0.1, -0.05) is 28.1 Å². The van der Waals surface area contributed by atoms with E-state index in [0.29, 0.717) is 21.8 Å². The maximum absolute atomic E-state index is 12.4. The van der Waals surface area contributed by atoms with Gasteiger partial charge in [-0.2, -0.15) is 5.26 Å². The van der Waals surface area contributed by atoms with Gasteiger partial charge in [-0.05, 0) is 35.9 Å². The Morgan fingerprint density at radius 3 is 2.87 bits per heavy atom. The zero-order chi connectivity index (χ0) is 21.3. The number of nitrogens with zero attached hydrogens (tertiary/aromatic N) is 3. The number of nitro benzene ring substituents is 1. The summed E-state index contributed by atoms with van der Waals surface area (Å²) in [6, 6.07) is 15.0. The summed E-state index contributed by atoms with van der Waals surface area (Å²) in [6.45, 7) is 0. The fraction of sp³-hybridized carbons (Fsp3) is 0. The summed E-state index contributed by atoms with van der Waals surface area (Å²) in [6.07, 6.45) is 1.52. The van der Waals surface area contributed by atoms with Crippen LogP contribution in [0.1, 0.15) is 10.6 Å². The zero-order valence-electron chi connectivity index (χ0n) is 15.0. The van der Waals surface area contributed by atoms with Crippen LogP contribution in [0.5, 0.6) is 0 Å². The molecule has 0 radical (unpaired) electrons. The quantitative estimate of drug-likeness (QED) is 0.162. The smallest absolute Gasteiger partial charge is 0.345 e. The molecular weight excluding hydrogens is 470 g/mol. The highest BCUT2D eigenvalue weighted by molar-refractivity contribution is 9.10. The van der Waals surface area contributed by atoms with Crippen LogP contribution in [0.25, 0.3) is 33.9 Å². The van der Waals surface area contributed by atoms with Gasteiger partial charge in [0.1, 0.15) is 16.7 Å². The molecule has 0 aliphatic heterocycles. The van der Waals surface area contributed by atoms with Crippen LogP contribution in [-0.2, 0) is 0 Å². The SMILES string of the molecule is N#CC(=Cc1cccc([N+](=O)[O-])c1)c1nc(-c2cc3cc(Br)ccc3oc2=O)cs1. The first-order valence-corrected chi connectivity index (χ1v) is 10.2. The predicted octanol–water partition coefficient (Wildman–Crippen LogP) is 5.65. The largest absolute Gasteiger partial charge is 0.422 e. The third kappa shape index (κ3) is 3.91. The topological polar surface area (TPSA) is 110 Å². The van der Waals surface area contributed by atoms with Crippen molar-refractivity contribution in [1.82, 2.24) is 4.98 Å². The van der Waals surface area contributed by atoms with Gasteiger partial charge in [0, 0.05) is 27.4 Å². The second kappa shape index (κ2) is 8.02. The molecule has 0 bridgehead atoms. The average molecular weight is 480 g/mol. The van der Waals surface area contributed by atoms with Gasteiger partial charge in [-0.3, -0.25) is 10.1 Å². The molecule has 0 N–H and O–H groups in total. The van der Waals surface area contributed by atoms with Crippen molar-refractivity contribution in [3.05, 3.63) is 89.5 Å². The molecule has 0 saturated carbocycles. The van der Waals surface area contributed by atoms with E-state index in [4.69, 9.17) is 4.42 Å². The molecular formula is C21H10BrN3O4S. The number of non-ortho nitro benzene ring substituents is 1. The van der Waals surface area contributed by atoms with Crippen molar-refractivity contribution in [2.24, 2.45) is 0 Å². The van der Waals surface area contributed by atoms with Crippen LogP contribution < -0.4 is 5.63 Å². The number of benzene rings is 2. The number of halogens is 1. The van der Waals surface area contributed by atoms with Crippen molar-refractivity contribution < 1.29 is 9.34 Å². The molecule has 2 heterocycles. The molecule has 4 aromatic rings. The lowest BCUT2D eigenvalue weighted by atomic mass is 10.1. The predicted molar refractivity (Wildman–Crippen MR) is 118 cm³/mol. The molecule has 30 heavy (non-hydrogen) atoms. The van der Waals surface area contributed by atoms with E-state index in [0.717, 1.165) is 9.86 Å². The highest BCUT2D eigenvalue weighted by atomic mass is 79.9. The summed E-state index contributed by atoms with van der Waals surface area (Å²) in [7, 11) is 0. The Balaban J connectivity index is 1.75. The van der Waals surface area contributed by atoms with Gasteiger partial charge in [-0.15, -0.1) is 11.3 Å². The van der Waals surface area contributed by atoms with Gasteiger partial charge in [0.05, 0.1) is 21.8 Å². The van der Waals surface area contributed by atoms with Crippen LogP contribution in [0.2, 0.25) is 0 Å². The molecule has 2 aromatic heterocycles. The molecule has 146 valence electrons. The summed E-state index contributed by atoms with van der Waals surface area (Å²) in [5, 5.41) is 23.3.